The first kappa shape index (κ1) is 19.6. The molecule has 0 aliphatic carbocycles. The van der Waals surface area contributed by atoms with Gasteiger partial charge in [0.25, 0.3) is 0 Å². The molecule has 146 valence electrons. The molecular weight excluding hydrogens is 366 g/mol. The van der Waals surface area contributed by atoms with Gasteiger partial charge in [-0.1, -0.05) is 25.4 Å². The van der Waals surface area contributed by atoms with Crippen LogP contribution in [0.3, 0.4) is 0 Å². The van der Waals surface area contributed by atoms with Gasteiger partial charge in [-0.25, -0.2) is 4.98 Å². The van der Waals surface area contributed by atoms with Gasteiger partial charge in [-0.2, -0.15) is 0 Å². The summed E-state index contributed by atoms with van der Waals surface area (Å²) >= 11 is 6.00. The van der Waals surface area contributed by atoms with E-state index in [0.29, 0.717) is 29.9 Å². The van der Waals surface area contributed by atoms with Crippen LogP contribution < -0.4 is 5.32 Å². The molecule has 1 aromatic carbocycles. The lowest BCUT2D eigenvalue weighted by atomic mass is 10.1. The lowest BCUT2D eigenvalue weighted by Crippen LogP contribution is -2.57. The summed E-state index contributed by atoms with van der Waals surface area (Å²) < 4.78 is 0. The average molecular weight is 392 g/mol. The highest BCUT2D eigenvalue weighted by Crippen LogP contribution is 2.18. The van der Waals surface area contributed by atoms with Gasteiger partial charge in [-0.3, -0.25) is 14.5 Å². The molecule has 1 fully saturated rings. The van der Waals surface area contributed by atoms with Crippen LogP contribution in [0.15, 0.2) is 18.2 Å². The van der Waals surface area contributed by atoms with Crippen molar-refractivity contribution in [2.45, 2.75) is 32.9 Å². The Labute approximate surface area is 164 Å². The minimum atomic E-state index is -0.412. The fraction of sp³-hybridized carbons (Fsp3) is 0.526. The average Bonchev–Trinajstić information content (AvgIpc) is 2.98. The summed E-state index contributed by atoms with van der Waals surface area (Å²) in [6.45, 7) is 6.79. The number of benzene rings is 1. The molecule has 1 aromatic heterocycles. The zero-order valence-corrected chi connectivity index (χ0v) is 16.7. The number of rotatable bonds is 6. The van der Waals surface area contributed by atoms with E-state index < -0.39 is 6.04 Å². The van der Waals surface area contributed by atoms with E-state index in [2.05, 4.69) is 34.0 Å². The van der Waals surface area contributed by atoms with Crippen LogP contribution in [-0.2, 0) is 16.1 Å². The Balaban J connectivity index is 1.65. The number of piperazine rings is 1. The van der Waals surface area contributed by atoms with Crippen LogP contribution in [0.2, 0.25) is 5.02 Å². The molecule has 2 aromatic rings. The largest absolute Gasteiger partial charge is 0.353 e. The number of carbonyl (C=O) groups is 2. The fourth-order valence-corrected chi connectivity index (χ4v) is 3.59. The Kier molecular flexibility index (Phi) is 6.01. The molecule has 1 aliphatic heterocycles. The molecule has 0 radical (unpaired) electrons. The minimum absolute atomic E-state index is 0.0676. The molecule has 2 N–H and O–H groups in total. The number of nitrogens with zero attached hydrogens (tertiary/aromatic N) is 3. The molecule has 0 bridgehead atoms. The van der Waals surface area contributed by atoms with Gasteiger partial charge < -0.3 is 15.2 Å². The van der Waals surface area contributed by atoms with E-state index in [-0.39, 0.29) is 18.2 Å². The van der Waals surface area contributed by atoms with Crippen molar-refractivity contribution in [2.24, 2.45) is 5.92 Å². The predicted molar refractivity (Wildman–Crippen MR) is 105 cm³/mol. The molecule has 1 saturated heterocycles. The van der Waals surface area contributed by atoms with Crippen LogP contribution in [-0.4, -0.2) is 64.3 Å². The molecule has 0 spiro atoms. The second-order valence-corrected chi connectivity index (χ2v) is 7.93. The van der Waals surface area contributed by atoms with Crippen molar-refractivity contribution in [1.82, 2.24) is 25.1 Å². The zero-order chi connectivity index (χ0) is 19.6. The van der Waals surface area contributed by atoms with Gasteiger partial charge in [0, 0.05) is 31.7 Å². The summed E-state index contributed by atoms with van der Waals surface area (Å²) in [5.74, 6) is 0.982. The monoisotopic (exact) mass is 391 g/mol. The summed E-state index contributed by atoms with van der Waals surface area (Å²) in [6, 6.07) is 5.03. The van der Waals surface area contributed by atoms with E-state index in [1.807, 2.05) is 12.1 Å². The van der Waals surface area contributed by atoms with Gasteiger partial charge in [-0.15, -0.1) is 0 Å². The second kappa shape index (κ2) is 8.27. The maximum atomic E-state index is 12.7. The van der Waals surface area contributed by atoms with Crippen LogP contribution in [0.25, 0.3) is 11.0 Å². The van der Waals surface area contributed by atoms with Crippen molar-refractivity contribution in [1.29, 1.82) is 0 Å². The van der Waals surface area contributed by atoms with Crippen LogP contribution >= 0.6 is 11.6 Å². The van der Waals surface area contributed by atoms with Crippen molar-refractivity contribution in [3.05, 3.63) is 29.0 Å². The number of nitrogens with one attached hydrogen (secondary N) is 2. The predicted octanol–water partition coefficient (Wildman–Crippen LogP) is 2.02. The Morgan fingerprint density at radius 3 is 2.96 bits per heavy atom. The molecule has 2 amide bonds. The number of hydrogen-bond donors (Lipinski definition) is 2. The molecule has 7 nitrogen and oxygen atoms in total. The lowest BCUT2D eigenvalue weighted by Gasteiger charge is -2.36. The number of amides is 2. The van der Waals surface area contributed by atoms with E-state index in [9.17, 15) is 9.59 Å². The first-order valence-electron chi connectivity index (χ1n) is 9.23. The first-order valence-corrected chi connectivity index (χ1v) is 9.61. The quantitative estimate of drug-likeness (QED) is 0.789. The fourth-order valence-electron chi connectivity index (χ4n) is 3.42. The van der Waals surface area contributed by atoms with Gasteiger partial charge in [0.1, 0.15) is 5.82 Å². The van der Waals surface area contributed by atoms with Gasteiger partial charge in [0.05, 0.1) is 30.0 Å². The molecule has 0 unspecified atom stereocenters. The first-order chi connectivity index (χ1) is 12.8. The van der Waals surface area contributed by atoms with Gasteiger partial charge in [0.2, 0.25) is 11.8 Å². The van der Waals surface area contributed by atoms with E-state index in [4.69, 9.17) is 11.6 Å². The molecule has 8 heteroatoms. The number of imidazole rings is 1. The van der Waals surface area contributed by atoms with Crippen LogP contribution in [0.1, 0.15) is 26.1 Å². The summed E-state index contributed by atoms with van der Waals surface area (Å²) in [5, 5.41) is 3.50. The molecule has 0 saturated carbocycles. The third-order valence-electron chi connectivity index (χ3n) is 4.71. The topological polar surface area (TPSA) is 81.3 Å². The number of aromatic nitrogens is 2. The molecule has 3 rings (SSSR count). The number of hydrogen-bond acceptors (Lipinski definition) is 4. The summed E-state index contributed by atoms with van der Waals surface area (Å²) in [7, 11) is 1.73. The molecule has 2 heterocycles. The van der Waals surface area contributed by atoms with Gasteiger partial charge >= 0.3 is 0 Å². The Morgan fingerprint density at radius 2 is 2.22 bits per heavy atom. The van der Waals surface area contributed by atoms with Crippen molar-refractivity contribution < 1.29 is 9.59 Å². The number of carbonyl (C=O) groups excluding carboxylic acids is 2. The molecule has 1 atom stereocenters. The Bertz CT molecular complexity index is 835. The number of aromatic amines is 1. The van der Waals surface area contributed by atoms with Crippen molar-refractivity contribution >= 4 is 34.4 Å². The van der Waals surface area contributed by atoms with Crippen LogP contribution in [0.4, 0.5) is 0 Å². The zero-order valence-electron chi connectivity index (χ0n) is 16.0. The number of H-pyrrole nitrogens is 1. The molecule has 27 heavy (non-hydrogen) atoms. The Morgan fingerprint density at radius 1 is 1.44 bits per heavy atom. The van der Waals surface area contributed by atoms with Gasteiger partial charge in [0.15, 0.2) is 0 Å². The van der Waals surface area contributed by atoms with Crippen LogP contribution in [0.5, 0.6) is 0 Å². The van der Waals surface area contributed by atoms with E-state index in [0.717, 1.165) is 24.1 Å². The second-order valence-electron chi connectivity index (χ2n) is 7.49. The minimum Gasteiger partial charge on any atom is -0.353 e. The normalized spacial score (nSPS) is 18.1. The summed E-state index contributed by atoms with van der Waals surface area (Å²) in [4.78, 5) is 36.4. The number of halogens is 1. The summed E-state index contributed by atoms with van der Waals surface area (Å²) in [5.41, 5.74) is 1.65. The standard InChI is InChI=1S/C19H26ClN5O2/c1-12(2)10-25-7-6-21-19(27)16(25)9-18(26)24(3)11-17-22-14-5-4-13(20)8-15(14)23-17/h4-5,8,12,16H,6-7,9-11H2,1-3H3,(H,21,27)(H,22,23)/t16-/m0/s1. The van der Waals surface area contributed by atoms with Crippen molar-refractivity contribution in [3.63, 3.8) is 0 Å². The third kappa shape index (κ3) is 4.78. The smallest absolute Gasteiger partial charge is 0.237 e. The highest BCUT2D eigenvalue weighted by Gasteiger charge is 2.32. The third-order valence-corrected chi connectivity index (χ3v) is 4.95. The van der Waals surface area contributed by atoms with Crippen molar-refractivity contribution in [3.8, 4) is 0 Å². The van der Waals surface area contributed by atoms with E-state index in [1.165, 1.54) is 0 Å². The van der Waals surface area contributed by atoms with Crippen LogP contribution in [0, 0.1) is 5.92 Å². The van der Waals surface area contributed by atoms with Gasteiger partial charge in [-0.05, 0) is 24.1 Å². The Hall–Kier alpha value is -2.12. The highest BCUT2D eigenvalue weighted by atomic mass is 35.5. The summed E-state index contributed by atoms with van der Waals surface area (Å²) in [6.07, 6.45) is 0.168. The SMILES string of the molecule is CC(C)CN1CCNC(=O)[C@@H]1CC(=O)N(C)Cc1nc2ccc(Cl)cc2[nH]1. The lowest BCUT2D eigenvalue weighted by molar-refractivity contribution is -0.138. The highest BCUT2D eigenvalue weighted by molar-refractivity contribution is 6.31. The maximum absolute atomic E-state index is 12.7. The number of fused-ring (bicyclic) bond motifs is 1. The molecular formula is C19H26ClN5O2. The van der Waals surface area contributed by atoms with E-state index >= 15 is 0 Å². The van der Waals surface area contributed by atoms with E-state index in [1.54, 1.807) is 18.0 Å². The molecule has 1 aliphatic rings. The van der Waals surface area contributed by atoms with Crippen molar-refractivity contribution in [2.75, 3.05) is 26.7 Å². The maximum Gasteiger partial charge on any atom is 0.237 e.